The normalized spacial score (nSPS) is 19.4. The first-order valence-electron chi connectivity index (χ1n) is 7.28. The van der Waals surface area contributed by atoms with Gasteiger partial charge in [0.1, 0.15) is 0 Å². The standard InChI is InChI=1S/C14H24N4OS/c1-5-7-15-13-17-16-11(20-13)12(19)18-8-6-10(9-18)14(2,3)4/h10H,5-9H2,1-4H3,(H,15,17). The molecule has 1 aliphatic rings. The molecule has 0 spiro atoms. The smallest absolute Gasteiger partial charge is 0.284 e. The van der Waals surface area contributed by atoms with E-state index in [0.717, 1.165) is 37.6 Å². The molecular formula is C14H24N4OS. The third kappa shape index (κ3) is 3.48. The quantitative estimate of drug-likeness (QED) is 0.928. The highest BCUT2D eigenvalue weighted by Crippen LogP contribution is 2.34. The zero-order chi connectivity index (χ0) is 14.8. The summed E-state index contributed by atoms with van der Waals surface area (Å²) in [6.45, 7) is 11.3. The van der Waals surface area contributed by atoms with Gasteiger partial charge in [0.05, 0.1) is 0 Å². The van der Waals surface area contributed by atoms with Crippen LogP contribution in [0.25, 0.3) is 0 Å². The monoisotopic (exact) mass is 296 g/mol. The van der Waals surface area contributed by atoms with Crippen molar-refractivity contribution < 1.29 is 4.79 Å². The maximum Gasteiger partial charge on any atom is 0.284 e. The fourth-order valence-corrected chi connectivity index (χ4v) is 3.14. The van der Waals surface area contributed by atoms with Gasteiger partial charge in [0.2, 0.25) is 10.1 Å². The van der Waals surface area contributed by atoms with Crippen molar-refractivity contribution in [2.24, 2.45) is 11.3 Å². The van der Waals surface area contributed by atoms with Crippen molar-refractivity contribution >= 4 is 22.4 Å². The Hall–Kier alpha value is -1.17. The van der Waals surface area contributed by atoms with E-state index >= 15 is 0 Å². The van der Waals surface area contributed by atoms with E-state index < -0.39 is 0 Å². The molecule has 1 aromatic heterocycles. The van der Waals surface area contributed by atoms with Crippen LogP contribution >= 0.6 is 11.3 Å². The second kappa shape index (κ2) is 6.08. The number of aromatic nitrogens is 2. The first-order valence-corrected chi connectivity index (χ1v) is 8.10. The van der Waals surface area contributed by atoms with Crippen LogP contribution < -0.4 is 5.32 Å². The number of anilines is 1. The number of nitrogens with zero attached hydrogens (tertiary/aromatic N) is 3. The van der Waals surface area contributed by atoms with Crippen LogP contribution in [0.4, 0.5) is 5.13 Å². The maximum atomic E-state index is 12.4. The number of nitrogens with one attached hydrogen (secondary N) is 1. The average Bonchev–Trinajstić information content (AvgIpc) is 3.04. The Balaban J connectivity index is 1.97. The first kappa shape index (κ1) is 15.2. The minimum atomic E-state index is 0.0267. The minimum Gasteiger partial charge on any atom is -0.360 e. The molecule has 1 fully saturated rings. The summed E-state index contributed by atoms with van der Waals surface area (Å²) in [5.41, 5.74) is 0.254. The molecule has 0 saturated carbocycles. The van der Waals surface area contributed by atoms with Crippen molar-refractivity contribution in [2.75, 3.05) is 25.0 Å². The van der Waals surface area contributed by atoms with E-state index in [1.165, 1.54) is 11.3 Å². The first-order chi connectivity index (χ1) is 9.41. The molecular weight excluding hydrogens is 272 g/mol. The Morgan fingerprint density at radius 3 is 2.80 bits per heavy atom. The Labute approximate surface area is 124 Å². The van der Waals surface area contributed by atoms with E-state index in [4.69, 9.17) is 0 Å². The maximum absolute atomic E-state index is 12.4. The molecule has 0 aliphatic carbocycles. The van der Waals surface area contributed by atoms with Gasteiger partial charge >= 0.3 is 0 Å². The van der Waals surface area contributed by atoms with Crippen molar-refractivity contribution in [1.82, 2.24) is 15.1 Å². The number of carbonyl (C=O) groups is 1. The van der Waals surface area contributed by atoms with Crippen LogP contribution in [-0.4, -0.2) is 40.6 Å². The van der Waals surface area contributed by atoms with Crippen molar-refractivity contribution in [3.63, 3.8) is 0 Å². The van der Waals surface area contributed by atoms with Gasteiger partial charge in [-0.05, 0) is 24.2 Å². The van der Waals surface area contributed by atoms with Gasteiger partial charge < -0.3 is 10.2 Å². The van der Waals surface area contributed by atoms with E-state index in [1.807, 2.05) is 4.90 Å². The molecule has 112 valence electrons. The van der Waals surface area contributed by atoms with E-state index in [-0.39, 0.29) is 11.3 Å². The lowest BCUT2D eigenvalue weighted by Crippen LogP contribution is -2.31. The molecule has 0 bridgehead atoms. The molecule has 1 aliphatic heterocycles. The number of hydrogen-bond acceptors (Lipinski definition) is 5. The van der Waals surface area contributed by atoms with Gasteiger partial charge in [-0.1, -0.05) is 39.0 Å². The Morgan fingerprint density at radius 2 is 2.20 bits per heavy atom. The molecule has 0 aromatic carbocycles. The van der Waals surface area contributed by atoms with Crippen molar-refractivity contribution in [3.05, 3.63) is 5.01 Å². The summed E-state index contributed by atoms with van der Waals surface area (Å²) >= 11 is 1.35. The summed E-state index contributed by atoms with van der Waals surface area (Å²) in [6, 6.07) is 0. The summed E-state index contributed by atoms with van der Waals surface area (Å²) in [6.07, 6.45) is 2.11. The third-order valence-corrected chi connectivity index (χ3v) is 4.70. The predicted molar refractivity (Wildman–Crippen MR) is 82.2 cm³/mol. The molecule has 0 radical (unpaired) electrons. The zero-order valence-corrected chi connectivity index (χ0v) is 13.6. The van der Waals surface area contributed by atoms with Gasteiger partial charge in [-0.25, -0.2) is 0 Å². The van der Waals surface area contributed by atoms with E-state index in [0.29, 0.717) is 10.9 Å². The summed E-state index contributed by atoms with van der Waals surface area (Å²) in [5, 5.41) is 12.4. The molecule has 6 heteroatoms. The molecule has 20 heavy (non-hydrogen) atoms. The number of amides is 1. The number of carbonyl (C=O) groups excluding carboxylic acids is 1. The van der Waals surface area contributed by atoms with Crippen LogP contribution in [0.5, 0.6) is 0 Å². The van der Waals surface area contributed by atoms with Crippen molar-refractivity contribution in [2.45, 2.75) is 40.5 Å². The molecule has 1 saturated heterocycles. The molecule has 1 unspecified atom stereocenters. The van der Waals surface area contributed by atoms with Gasteiger partial charge in [0, 0.05) is 19.6 Å². The van der Waals surface area contributed by atoms with Gasteiger partial charge in [-0.2, -0.15) is 0 Å². The van der Waals surface area contributed by atoms with E-state index in [9.17, 15) is 4.79 Å². The van der Waals surface area contributed by atoms with E-state index in [1.54, 1.807) is 0 Å². The molecule has 1 aromatic rings. The second-order valence-electron chi connectivity index (χ2n) is 6.44. The van der Waals surface area contributed by atoms with Crippen LogP contribution in [0, 0.1) is 11.3 Å². The SMILES string of the molecule is CCCNc1nnc(C(=O)N2CCC(C(C)(C)C)C2)s1. The summed E-state index contributed by atoms with van der Waals surface area (Å²) < 4.78 is 0. The van der Waals surface area contributed by atoms with Crippen LogP contribution in [0.3, 0.4) is 0 Å². The van der Waals surface area contributed by atoms with E-state index in [2.05, 4.69) is 43.2 Å². The molecule has 1 N–H and O–H groups in total. The molecule has 1 atom stereocenters. The Kier molecular flexibility index (Phi) is 4.62. The number of hydrogen-bond donors (Lipinski definition) is 1. The third-order valence-electron chi connectivity index (χ3n) is 3.83. The topological polar surface area (TPSA) is 58.1 Å². The predicted octanol–water partition coefficient (Wildman–Crippen LogP) is 2.87. The van der Waals surface area contributed by atoms with Gasteiger partial charge in [0.15, 0.2) is 0 Å². The molecule has 5 nitrogen and oxygen atoms in total. The lowest BCUT2D eigenvalue weighted by Gasteiger charge is -2.26. The van der Waals surface area contributed by atoms with Gasteiger partial charge in [-0.3, -0.25) is 4.79 Å². The van der Waals surface area contributed by atoms with Crippen LogP contribution in [0.15, 0.2) is 0 Å². The molecule has 2 heterocycles. The van der Waals surface area contributed by atoms with Crippen molar-refractivity contribution in [3.8, 4) is 0 Å². The molecule has 1 amide bonds. The van der Waals surface area contributed by atoms with Crippen LogP contribution in [0.1, 0.15) is 50.3 Å². The highest BCUT2D eigenvalue weighted by molar-refractivity contribution is 7.17. The van der Waals surface area contributed by atoms with Crippen LogP contribution in [0.2, 0.25) is 0 Å². The number of rotatable bonds is 4. The highest BCUT2D eigenvalue weighted by atomic mass is 32.1. The fourth-order valence-electron chi connectivity index (χ4n) is 2.40. The van der Waals surface area contributed by atoms with Crippen molar-refractivity contribution in [1.29, 1.82) is 0 Å². The largest absolute Gasteiger partial charge is 0.360 e. The average molecular weight is 296 g/mol. The van der Waals surface area contributed by atoms with Crippen LogP contribution in [-0.2, 0) is 0 Å². The summed E-state index contributed by atoms with van der Waals surface area (Å²) in [4.78, 5) is 14.3. The fraction of sp³-hybridized carbons (Fsp3) is 0.786. The highest BCUT2D eigenvalue weighted by Gasteiger charge is 2.35. The molecule has 2 rings (SSSR count). The Bertz CT molecular complexity index is 466. The Morgan fingerprint density at radius 1 is 1.45 bits per heavy atom. The summed E-state index contributed by atoms with van der Waals surface area (Å²) in [7, 11) is 0. The number of likely N-dealkylation sites (tertiary alicyclic amines) is 1. The summed E-state index contributed by atoms with van der Waals surface area (Å²) in [5.74, 6) is 0.593. The lowest BCUT2D eigenvalue weighted by atomic mass is 9.80. The zero-order valence-electron chi connectivity index (χ0n) is 12.8. The van der Waals surface area contributed by atoms with Gasteiger partial charge in [0.25, 0.3) is 5.91 Å². The lowest BCUT2D eigenvalue weighted by molar-refractivity contribution is 0.0775. The van der Waals surface area contributed by atoms with Gasteiger partial charge in [-0.15, -0.1) is 10.2 Å². The second-order valence-corrected chi connectivity index (χ2v) is 7.42. The minimum absolute atomic E-state index is 0.0267.